The minimum Gasteiger partial charge on any atom is -0.309 e. The molecule has 0 atom stereocenters. The van der Waals surface area contributed by atoms with E-state index in [1.54, 1.807) is 0 Å². The zero-order chi connectivity index (χ0) is 68.8. The third-order valence-corrected chi connectivity index (χ3v) is 23.4. The molecule has 5 heterocycles. The molecule has 0 saturated heterocycles. The Morgan fingerprint density at radius 2 is 0.567 bits per heavy atom. The molecule has 0 saturated carbocycles. The number of para-hydroxylation sites is 4. The van der Waals surface area contributed by atoms with Gasteiger partial charge in [-0.15, -0.1) is 0 Å². The Bertz CT molecular complexity index is 7110. The molecule has 0 unspecified atom stereocenters. The van der Waals surface area contributed by atoms with Crippen LogP contribution in [0.4, 0.5) is 0 Å². The van der Waals surface area contributed by atoms with Crippen LogP contribution in [0.1, 0.15) is 49.9 Å². The predicted molar refractivity (Wildman–Crippen MR) is 434 cm³/mol. The highest BCUT2D eigenvalue weighted by Gasteiger charge is 2.37. The first-order valence-electron chi connectivity index (χ1n) is 36.2. The van der Waals surface area contributed by atoms with E-state index >= 15 is 0 Å². The second kappa shape index (κ2) is 21.7. The Kier molecular flexibility index (Phi) is 12.2. The lowest BCUT2D eigenvalue weighted by atomic mass is 9.82. The van der Waals surface area contributed by atoms with Crippen molar-refractivity contribution in [2.45, 2.75) is 38.5 Å². The molecule has 6 heteroatoms. The summed E-state index contributed by atoms with van der Waals surface area (Å²) in [5, 5.41) is 11.9. The lowest BCUT2D eigenvalue weighted by molar-refractivity contribution is 0.660. The lowest BCUT2D eigenvalue weighted by Crippen LogP contribution is -2.15. The van der Waals surface area contributed by atoms with Crippen LogP contribution in [0.5, 0.6) is 0 Å². The summed E-state index contributed by atoms with van der Waals surface area (Å²) < 4.78 is 9.67. The minimum absolute atomic E-state index is 0.0941. The Labute approximate surface area is 600 Å². The van der Waals surface area contributed by atoms with Crippen molar-refractivity contribution in [2.75, 3.05) is 0 Å². The van der Waals surface area contributed by atoms with E-state index in [4.69, 9.17) is 9.97 Å². The van der Waals surface area contributed by atoms with E-state index < -0.39 is 0 Å². The highest BCUT2D eigenvalue weighted by molar-refractivity contribution is 6.15. The number of hydrogen-bond donors (Lipinski definition) is 0. The summed E-state index contributed by atoms with van der Waals surface area (Å²) in [6.07, 6.45) is 0. The van der Waals surface area contributed by atoms with Gasteiger partial charge in [-0.05, 0) is 193 Å². The second-order valence-electron chi connectivity index (χ2n) is 29.7. The van der Waals surface area contributed by atoms with Gasteiger partial charge in [0.2, 0.25) is 0 Å². The third-order valence-electron chi connectivity index (χ3n) is 23.4. The van der Waals surface area contributed by atoms with E-state index in [0.29, 0.717) is 5.82 Å². The van der Waals surface area contributed by atoms with Crippen LogP contribution < -0.4 is 0 Å². The molecule has 0 radical (unpaired) electrons. The summed E-state index contributed by atoms with van der Waals surface area (Å²) in [7, 11) is 0. The fourth-order valence-electron chi connectivity index (χ4n) is 18.3. The van der Waals surface area contributed by atoms with Crippen LogP contribution in [0, 0.1) is 0 Å². The van der Waals surface area contributed by atoms with Gasteiger partial charge in [-0.2, -0.15) is 0 Å². The van der Waals surface area contributed by atoms with Gasteiger partial charge in [-0.25, -0.2) is 9.97 Å². The highest BCUT2D eigenvalue weighted by atomic mass is 15.1. The predicted octanol–water partition coefficient (Wildman–Crippen LogP) is 25.3. The molecule has 6 nitrogen and oxygen atoms in total. The van der Waals surface area contributed by atoms with Gasteiger partial charge in [-0.1, -0.05) is 234 Å². The molecule has 5 aromatic heterocycles. The van der Waals surface area contributed by atoms with Crippen molar-refractivity contribution >= 4 is 98.0 Å². The smallest absolute Gasteiger partial charge is 0.162 e. The monoisotopic (exact) mass is 1330 g/mol. The van der Waals surface area contributed by atoms with Crippen molar-refractivity contribution in [3.63, 3.8) is 0 Å². The third kappa shape index (κ3) is 8.45. The topological polar surface area (TPSA) is 45.5 Å². The number of hydrogen-bond acceptors (Lipinski definition) is 2. The zero-order valence-electron chi connectivity index (χ0n) is 57.9. The molecule has 0 amide bonds. The first kappa shape index (κ1) is 58.6. The number of rotatable bonds is 8. The van der Waals surface area contributed by atoms with Crippen molar-refractivity contribution in [3.8, 4) is 90.0 Å². The van der Waals surface area contributed by atoms with Crippen LogP contribution in [-0.2, 0) is 10.8 Å². The normalized spacial score (nSPS) is 13.5. The van der Waals surface area contributed by atoms with E-state index in [9.17, 15) is 0 Å². The molecule has 0 spiro atoms. The molecule has 20 aromatic rings. The van der Waals surface area contributed by atoms with E-state index in [0.717, 1.165) is 72.0 Å². The fourth-order valence-corrected chi connectivity index (χ4v) is 18.3. The van der Waals surface area contributed by atoms with Gasteiger partial charge in [0.05, 0.1) is 49.8 Å². The first-order chi connectivity index (χ1) is 51.1. The van der Waals surface area contributed by atoms with Gasteiger partial charge < -0.3 is 13.7 Å². The van der Waals surface area contributed by atoms with Crippen molar-refractivity contribution in [3.05, 3.63) is 350 Å². The van der Waals surface area contributed by atoms with Gasteiger partial charge in [0.25, 0.3) is 0 Å². The molecule has 2 aliphatic carbocycles. The zero-order valence-corrected chi connectivity index (χ0v) is 57.9. The lowest BCUT2D eigenvalue weighted by Gasteiger charge is -2.22. The van der Waals surface area contributed by atoms with Gasteiger partial charge in [-0.3, -0.25) is 4.57 Å². The van der Waals surface area contributed by atoms with Crippen LogP contribution in [0.25, 0.3) is 188 Å². The molecular formula is C98H66N6. The van der Waals surface area contributed by atoms with Crippen molar-refractivity contribution in [1.29, 1.82) is 0 Å². The van der Waals surface area contributed by atoms with Gasteiger partial charge in [0, 0.05) is 88.2 Å². The van der Waals surface area contributed by atoms with Crippen molar-refractivity contribution < 1.29 is 0 Å². The second-order valence-corrected chi connectivity index (χ2v) is 29.7. The Balaban J connectivity index is 0.609. The average Bonchev–Trinajstić information content (AvgIpc) is 1.58. The maximum atomic E-state index is 5.55. The molecule has 488 valence electrons. The van der Waals surface area contributed by atoms with Crippen LogP contribution in [-0.4, -0.2) is 28.2 Å². The summed E-state index contributed by atoms with van der Waals surface area (Å²) >= 11 is 0. The number of fused-ring (bicyclic) bond motifs is 19. The van der Waals surface area contributed by atoms with E-state index in [-0.39, 0.29) is 10.8 Å². The molecule has 0 N–H and O–H groups in total. The molecule has 15 aromatic carbocycles. The Hall–Kier alpha value is -13.2. The minimum atomic E-state index is -0.102. The van der Waals surface area contributed by atoms with Gasteiger partial charge in [0.1, 0.15) is 5.82 Å². The van der Waals surface area contributed by atoms with Crippen LogP contribution >= 0.6 is 0 Å². The number of aromatic nitrogens is 6. The fraction of sp³-hybridized carbons (Fsp3) is 0.0612. The van der Waals surface area contributed by atoms with Crippen LogP contribution in [0.15, 0.2) is 328 Å². The van der Waals surface area contributed by atoms with E-state index in [1.165, 1.54) is 132 Å². The maximum absolute atomic E-state index is 5.55. The summed E-state index contributed by atoms with van der Waals surface area (Å²) in [5.41, 5.74) is 30.9. The molecule has 22 rings (SSSR count). The first-order valence-corrected chi connectivity index (χ1v) is 36.2. The van der Waals surface area contributed by atoms with Crippen LogP contribution in [0.3, 0.4) is 0 Å². The summed E-state index contributed by atoms with van der Waals surface area (Å²) in [6, 6.07) is 121. The Morgan fingerprint density at radius 3 is 1.04 bits per heavy atom. The molecule has 104 heavy (non-hydrogen) atoms. The van der Waals surface area contributed by atoms with Gasteiger partial charge in [0.15, 0.2) is 5.82 Å². The molecule has 2 aliphatic rings. The van der Waals surface area contributed by atoms with Gasteiger partial charge >= 0.3 is 0 Å². The Morgan fingerprint density at radius 1 is 0.221 bits per heavy atom. The van der Waals surface area contributed by atoms with Crippen molar-refractivity contribution in [2.24, 2.45) is 0 Å². The SMILES string of the molecule is CC1(C)c2ccccc2-c2ccc(-n3c4ccccc4c4cc(-c5ccc6c(c5)c5ccccc5n6-c5ccc6cc(-c7nc(-c8ccccc8)cc(-n8c9ccccc9c9cc(-c%10ccc%11c(c%10)c%10ccccc%10n%11-c%10ccc%11c(c%10)C(C)(C)c%10ccccc%10-%11)ccc98)n7)ccc6c5)ccc43)cc21. The van der Waals surface area contributed by atoms with E-state index in [2.05, 4.69) is 374 Å². The highest BCUT2D eigenvalue weighted by Crippen LogP contribution is 2.52. The summed E-state index contributed by atoms with van der Waals surface area (Å²) in [4.78, 5) is 10.9. The molecular weight excluding hydrogens is 1260 g/mol. The number of benzene rings is 15. The summed E-state index contributed by atoms with van der Waals surface area (Å²) in [6.45, 7) is 9.44. The van der Waals surface area contributed by atoms with Crippen molar-refractivity contribution in [1.82, 2.24) is 28.2 Å². The molecule has 0 bridgehead atoms. The largest absolute Gasteiger partial charge is 0.309 e. The van der Waals surface area contributed by atoms with Crippen LogP contribution in [0.2, 0.25) is 0 Å². The standard InChI is InChI=1S/C98H66N6/c1-97(2)82-28-14-8-22-70(82)72-44-42-68(56-84(72)97)102-88-31-17-11-25-75(88)79-53-63(38-47-92(79)102)62-37-46-91-78(52-62)74-24-10-16-30-87(74)101(91)67-41-36-60-50-66(35-34-61(60)51-67)96-99-86(59-20-6-5-7-21-59)58-95(100-96)104-90-33-19-13-27-77(90)81-55-65(40-49-94(81)104)64-39-48-93-80(54-64)76-26-12-18-32-89(76)103(93)69-43-45-73-71-23-9-15-29-83(71)98(3,4)85(73)57-69/h5-58H,1-4H3. The average molecular weight is 1330 g/mol. The molecule has 0 fully saturated rings. The summed E-state index contributed by atoms with van der Waals surface area (Å²) in [5.74, 6) is 1.47. The maximum Gasteiger partial charge on any atom is 0.162 e. The quantitative estimate of drug-likeness (QED) is 0.152. The van der Waals surface area contributed by atoms with E-state index in [1.807, 2.05) is 0 Å². The number of nitrogens with zero attached hydrogens (tertiary/aromatic N) is 6. The molecule has 0 aliphatic heterocycles.